The van der Waals surface area contributed by atoms with E-state index < -0.39 is 5.25 Å². The van der Waals surface area contributed by atoms with Gasteiger partial charge in [-0.2, -0.15) is 0 Å². The molecule has 0 radical (unpaired) electrons. The van der Waals surface area contributed by atoms with E-state index in [1.807, 2.05) is 32.9 Å². The average molecular weight is 466 g/mol. The third-order valence-corrected chi connectivity index (χ3v) is 7.00. The molecule has 2 aromatic rings. The lowest BCUT2D eigenvalue weighted by atomic mass is 10.0. The van der Waals surface area contributed by atoms with Crippen LogP contribution in [0.1, 0.15) is 55.6 Å². The number of aliphatic imine (C=N–C) groups is 1. The molecule has 0 unspecified atom stereocenters. The lowest BCUT2D eigenvalue weighted by molar-refractivity contribution is -0.129. The Bertz CT molecular complexity index is 1090. The minimum absolute atomic E-state index is 0.0316. The molecule has 0 aromatic heterocycles. The van der Waals surface area contributed by atoms with Crippen molar-refractivity contribution in [2.45, 2.75) is 59.3 Å². The SMILES string of the molecule is CC(=O)c1ccc(NC(=O)C[C@@H]2SC(=Nc3ccc(C)cc3C)N([C@H](C)C(C)C)C2=O)cc1. The first-order valence-corrected chi connectivity index (χ1v) is 12.0. The van der Waals surface area contributed by atoms with Crippen LogP contribution >= 0.6 is 11.8 Å². The van der Waals surface area contributed by atoms with E-state index in [2.05, 4.69) is 25.2 Å². The first-order valence-electron chi connectivity index (χ1n) is 11.1. The number of anilines is 1. The van der Waals surface area contributed by atoms with Crippen LogP contribution in [0.4, 0.5) is 11.4 Å². The molecule has 33 heavy (non-hydrogen) atoms. The number of amides is 2. The Labute approximate surface area is 199 Å². The van der Waals surface area contributed by atoms with Crippen molar-refractivity contribution in [2.75, 3.05) is 5.32 Å². The number of hydrogen-bond donors (Lipinski definition) is 1. The van der Waals surface area contributed by atoms with Crippen molar-refractivity contribution in [3.05, 3.63) is 59.2 Å². The third kappa shape index (κ3) is 5.90. The van der Waals surface area contributed by atoms with Gasteiger partial charge >= 0.3 is 0 Å². The van der Waals surface area contributed by atoms with Gasteiger partial charge in [-0.3, -0.25) is 19.3 Å². The minimum Gasteiger partial charge on any atom is -0.326 e. The van der Waals surface area contributed by atoms with E-state index in [0.29, 0.717) is 16.4 Å². The van der Waals surface area contributed by atoms with Gasteiger partial charge in [0.1, 0.15) is 5.25 Å². The van der Waals surface area contributed by atoms with Gasteiger partial charge in [0.15, 0.2) is 11.0 Å². The number of ketones is 1. The zero-order valence-electron chi connectivity index (χ0n) is 20.0. The molecule has 0 spiro atoms. The maximum Gasteiger partial charge on any atom is 0.242 e. The van der Waals surface area contributed by atoms with Gasteiger partial charge in [0.2, 0.25) is 11.8 Å². The Morgan fingerprint density at radius 1 is 1.09 bits per heavy atom. The van der Waals surface area contributed by atoms with Crippen LogP contribution in [0.5, 0.6) is 0 Å². The Morgan fingerprint density at radius 3 is 2.33 bits per heavy atom. The number of nitrogens with one attached hydrogen (secondary N) is 1. The second kappa shape index (κ2) is 10.3. The van der Waals surface area contributed by atoms with Crippen molar-refractivity contribution in [1.82, 2.24) is 4.90 Å². The molecule has 7 heteroatoms. The van der Waals surface area contributed by atoms with Gasteiger partial charge in [0.05, 0.1) is 5.69 Å². The Balaban J connectivity index is 1.79. The fourth-order valence-corrected chi connectivity index (χ4v) is 4.79. The highest BCUT2D eigenvalue weighted by Gasteiger charge is 2.42. The summed E-state index contributed by atoms with van der Waals surface area (Å²) in [4.78, 5) is 44.0. The Hall–Kier alpha value is -2.93. The number of thioether (sulfide) groups is 1. The third-order valence-electron chi connectivity index (χ3n) is 5.85. The van der Waals surface area contributed by atoms with Crippen molar-refractivity contribution >= 4 is 45.9 Å². The average Bonchev–Trinajstić information content (AvgIpc) is 3.04. The summed E-state index contributed by atoms with van der Waals surface area (Å²) >= 11 is 1.35. The van der Waals surface area contributed by atoms with Gasteiger partial charge in [0.25, 0.3) is 0 Å². The topological polar surface area (TPSA) is 78.8 Å². The van der Waals surface area contributed by atoms with Crippen LogP contribution in [0.3, 0.4) is 0 Å². The van der Waals surface area contributed by atoms with E-state index >= 15 is 0 Å². The van der Waals surface area contributed by atoms with Gasteiger partial charge in [-0.15, -0.1) is 0 Å². The summed E-state index contributed by atoms with van der Waals surface area (Å²) in [5.41, 5.74) is 4.21. The molecule has 0 saturated carbocycles. The molecule has 2 amide bonds. The molecule has 0 bridgehead atoms. The maximum absolute atomic E-state index is 13.3. The molecule has 1 aliphatic heterocycles. The summed E-state index contributed by atoms with van der Waals surface area (Å²) in [5.74, 6) is -0.129. The number of carbonyl (C=O) groups excluding carboxylic acids is 3. The van der Waals surface area contributed by atoms with Gasteiger partial charge in [0, 0.05) is 23.7 Å². The van der Waals surface area contributed by atoms with Crippen LogP contribution in [0, 0.1) is 19.8 Å². The smallest absolute Gasteiger partial charge is 0.242 e. The van der Waals surface area contributed by atoms with Crippen LogP contribution in [-0.4, -0.2) is 39.0 Å². The van der Waals surface area contributed by atoms with Gasteiger partial charge in [-0.25, -0.2) is 4.99 Å². The lowest BCUT2D eigenvalue weighted by Gasteiger charge is -2.27. The number of benzene rings is 2. The monoisotopic (exact) mass is 465 g/mol. The molecular formula is C26H31N3O3S. The molecule has 1 fully saturated rings. The predicted molar refractivity (Wildman–Crippen MR) is 135 cm³/mol. The van der Waals surface area contributed by atoms with Crippen LogP contribution in [-0.2, 0) is 9.59 Å². The summed E-state index contributed by atoms with van der Waals surface area (Å²) in [6.45, 7) is 11.7. The van der Waals surface area contributed by atoms with Crippen molar-refractivity contribution in [3.8, 4) is 0 Å². The Kier molecular flexibility index (Phi) is 7.74. The summed E-state index contributed by atoms with van der Waals surface area (Å²) in [6, 6.07) is 12.7. The number of Topliss-reactive ketones (excluding diaryl/α,β-unsaturated/α-hetero) is 1. The number of hydrogen-bond acceptors (Lipinski definition) is 5. The first-order chi connectivity index (χ1) is 15.6. The highest BCUT2D eigenvalue weighted by Crippen LogP contribution is 2.35. The summed E-state index contributed by atoms with van der Waals surface area (Å²) in [7, 11) is 0. The van der Waals surface area contributed by atoms with Crippen LogP contribution in [0.2, 0.25) is 0 Å². The molecular weight excluding hydrogens is 434 g/mol. The molecule has 1 saturated heterocycles. The van der Waals surface area contributed by atoms with Crippen LogP contribution < -0.4 is 5.32 Å². The molecule has 2 atom stereocenters. The number of nitrogens with zero attached hydrogens (tertiary/aromatic N) is 2. The molecule has 1 N–H and O–H groups in total. The van der Waals surface area contributed by atoms with E-state index in [1.165, 1.54) is 18.7 Å². The van der Waals surface area contributed by atoms with E-state index in [-0.39, 0.29) is 36.0 Å². The van der Waals surface area contributed by atoms with Crippen LogP contribution in [0.15, 0.2) is 47.5 Å². The molecule has 1 aliphatic rings. The minimum atomic E-state index is -0.535. The largest absolute Gasteiger partial charge is 0.326 e. The molecule has 2 aromatic carbocycles. The summed E-state index contributed by atoms with van der Waals surface area (Å²) < 4.78 is 0. The number of aryl methyl sites for hydroxylation is 2. The predicted octanol–water partition coefficient (Wildman–Crippen LogP) is 5.51. The van der Waals surface area contributed by atoms with Gasteiger partial charge < -0.3 is 5.32 Å². The lowest BCUT2D eigenvalue weighted by Crippen LogP contribution is -2.42. The molecule has 174 valence electrons. The van der Waals surface area contributed by atoms with E-state index in [1.54, 1.807) is 29.2 Å². The molecule has 3 rings (SSSR count). The quantitative estimate of drug-likeness (QED) is 0.547. The highest BCUT2D eigenvalue weighted by molar-refractivity contribution is 8.15. The first kappa shape index (κ1) is 24.7. The number of rotatable bonds is 7. The molecule has 1 heterocycles. The zero-order valence-corrected chi connectivity index (χ0v) is 20.8. The second-order valence-corrected chi connectivity index (χ2v) is 10.0. The van der Waals surface area contributed by atoms with Gasteiger partial charge in [-0.05, 0) is 69.5 Å². The Morgan fingerprint density at radius 2 is 1.76 bits per heavy atom. The normalized spacial score (nSPS) is 18.2. The van der Waals surface area contributed by atoms with Crippen molar-refractivity contribution in [3.63, 3.8) is 0 Å². The number of amidine groups is 1. The molecule has 0 aliphatic carbocycles. The summed E-state index contributed by atoms with van der Waals surface area (Å²) in [6.07, 6.45) is 0.0468. The van der Waals surface area contributed by atoms with E-state index in [9.17, 15) is 14.4 Å². The second-order valence-electron chi connectivity index (χ2n) is 8.87. The summed E-state index contributed by atoms with van der Waals surface area (Å²) in [5, 5.41) is 2.93. The fourth-order valence-electron chi connectivity index (χ4n) is 3.57. The van der Waals surface area contributed by atoms with E-state index in [0.717, 1.165) is 16.8 Å². The molecule has 6 nitrogen and oxygen atoms in total. The van der Waals surface area contributed by atoms with E-state index in [4.69, 9.17) is 4.99 Å². The zero-order chi connectivity index (χ0) is 24.3. The highest BCUT2D eigenvalue weighted by atomic mass is 32.2. The van der Waals surface area contributed by atoms with Gasteiger partial charge in [-0.1, -0.05) is 43.3 Å². The van der Waals surface area contributed by atoms with Crippen LogP contribution in [0.25, 0.3) is 0 Å². The standard InChI is InChI=1S/C26H31N3O3S/c1-15(2)18(5)29-25(32)23(33-26(29)28-22-12-7-16(3)13-17(22)4)14-24(31)27-21-10-8-20(9-11-21)19(6)30/h7-13,15,18,23H,14H2,1-6H3,(H,27,31)/t18-,23+/m1/s1. The maximum atomic E-state index is 13.3. The number of carbonyl (C=O) groups is 3. The fraction of sp³-hybridized carbons (Fsp3) is 0.385. The van der Waals surface area contributed by atoms with Crippen molar-refractivity contribution in [1.29, 1.82) is 0 Å². The van der Waals surface area contributed by atoms with Crippen molar-refractivity contribution < 1.29 is 14.4 Å². The van der Waals surface area contributed by atoms with Crippen molar-refractivity contribution in [2.24, 2.45) is 10.9 Å².